The second-order valence-electron chi connectivity index (χ2n) is 6.14. The number of rotatable bonds is 3. The minimum Gasteiger partial charge on any atom is -0.329 e. The summed E-state index contributed by atoms with van der Waals surface area (Å²) < 4.78 is 13.0. The Kier molecular flexibility index (Phi) is 4.52. The lowest BCUT2D eigenvalue weighted by atomic mass is 9.91. The summed E-state index contributed by atoms with van der Waals surface area (Å²) in [5.41, 5.74) is 2.85. The molecule has 0 saturated heterocycles. The van der Waals surface area contributed by atoms with Crippen LogP contribution in [-0.2, 0) is 11.3 Å². The Morgan fingerprint density at radius 1 is 1.14 bits per heavy atom. The first kappa shape index (κ1) is 15.8. The van der Waals surface area contributed by atoms with Gasteiger partial charge in [-0.15, -0.1) is 11.6 Å². The number of alkyl halides is 1. The van der Waals surface area contributed by atoms with Crippen LogP contribution in [0.1, 0.15) is 32.0 Å². The third-order valence-electron chi connectivity index (χ3n) is 3.35. The fraction of sp³-hybridized carbons (Fsp3) is 0.353. The second-order valence-corrected chi connectivity index (χ2v) is 6.41. The number of halogens is 2. The van der Waals surface area contributed by atoms with Crippen molar-refractivity contribution in [3.8, 4) is 0 Å². The molecular weight excluding hydrogens is 287 g/mol. The van der Waals surface area contributed by atoms with Gasteiger partial charge in [-0.2, -0.15) is 0 Å². The van der Waals surface area contributed by atoms with Gasteiger partial charge < -0.3 is 4.90 Å². The molecule has 0 aliphatic heterocycles. The molecule has 0 fully saturated rings. The molecule has 0 N–H and O–H groups in total. The van der Waals surface area contributed by atoms with Crippen LogP contribution in [0.25, 0.3) is 0 Å². The number of nitrogens with zero attached hydrogens (tertiary/aromatic N) is 2. The van der Waals surface area contributed by atoms with E-state index in [0.717, 1.165) is 22.8 Å². The molecule has 0 atom stereocenters. The van der Waals surface area contributed by atoms with Crippen molar-refractivity contribution in [2.45, 2.75) is 32.1 Å². The highest BCUT2D eigenvalue weighted by Gasteiger charge is 2.18. The van der Waals surface area contributed by atoms with Crippen molar-refractivity contribution in [2.24, 2.45) is 0 Å². The first-order valence-corrected chi connectivity index (χ1v) is 7.41. The van der Waals surface area contributed by atoms with E-state index in [1.165, 1.54) is 12.1 Å². The van der Waals surface area contributed by atoms with Crippen molar-refractivity contribution in [2.75, 3.05) is 11.9 Å². The molecule has 2 rings (SSSR count). The Hall–Kier alpha value is -1.61. The lowest BCUT2D eigenvalue weighted by molar-refractivity contribution is 0.568. The number of hydrogen-bond donors (Lipinski definition) is 0. The van der Waals surface area contributed by atoms with Crippen LogP contribution in [0.4, 0.5) is 15.9 Å². The van der Waals surface area contributed by atoms with Crippen LogP contribution in [0.2, 0.25) is 0 Å². The Balaban J connectivity index is 2.45. The SMILES string of the molecule is CN(c1ccc(F)cc1)c1cc(CCl)cc(C(C)(C)C)n1. The van der Waals surface area contributed by atoms with Crippen molar-refractivity contribution in [3.63, 3.8) is 0 Å². The van der Waals surface area contributed by atoms with Crippen LogP contribution in [0.3, 0.4) is 0 Å². The van der Waals surface area contributed by atoms with E-state index in [-0.39, 0.29) is 11.2 Å². The zero-order valence-electron chi connectivity index (χ0n) is 12.8. The van der Waals surface area contributed by atoms with E-state index in [2.05, 4.69) is 20.8 Å². The number of aromatic nitrogens is 1. The van der Waals surface area contributed by atoms with Gasteiger partial charge in [0.25, 0.3) is 0 Å². The molecule has 112 valence electrons. The topological polar surface area (TPSA) is 16.1 Å². The maximum Gasteiger partial charge on any atom is 0.133 e. The summed E-state index contributed by atoms with van der Waals surface area (Å²) in [6.45, 7) is 6.36. The molecular formula is C17H20ClFN2. The zero-order chi connectivity index (χ0) is 15.6. The normalized spacial score (nSPS) is 11.5. The molecule has 2 aromatic rings. The van der Waals surface area contributed by atoms with Crippen molar-refractivity contribution in [1.82, 2.24) is 4.98 Å². The van der Waals surface area contributed by atoms with Crippen molar-refractivity contribution < 1.29 is 4.39 Å². The first-order chi connectivity index (χ1) is 9.81. The van der Waals surface area contributed by atoms with E-state index in [0.29, 0.717) is 5.88 Å². The average Bonchev–Trinajstić information content (AvgIpc) is 2.46. The summed E-state index contributed by atoms with van der Waals surface area (Å²) >= 11 is 6.00. The third kappa shape index (κ3) is 3.73. The molecule has 4 heteroatoms. The number of hydrogen-bond acceptors (Lipinski definition) is 2. The Morgan fingerprint density at radius 2 is 1.76 bits per heavy atom. The lowest BCUT2D eigenvalue weighted by Gasteiger charge is -2.24. The van der Waals surface area contributed by atoms with Crippen LogP contribution in [0.15, 0.2) is 36.4 Å². The molecule has 1 aromatic heterocycles. The highest BCUT2D eigenvalue weighted by Crippen LogP contribution is 2.28. The highest BCUT2D eigenvalue weighted by atomic mass is 35.5. The molecule has 0 saturated carbocycles. The molecule has 0 unspecified atom stereocenters. The van der Waals surface area contributed by atoms with E-state index in [1.807, 2.05) is 24.1 Å². The Labute approximate surface area is 130 Å². The van der Waals surface area contributed by atoms with Gasteiger partial charge in [0, 0.05) is 29.7 Å². The summed E-state index contributed by atoms with van der Waals surface area (Å²) in [5, 5.41) is 0. The highest BCUT2D eigenvalue weighted by molar-refractivity contribution is 6.17. The van der Waals surface area contributed by atoms with Crippen LogP contribution < -0.4 is 4.90 Å². The van der Waals surface area contributed by atoms with Gasteiger partial charge in [-0.25, -0.2) is 9.37 Å². The zero-order valence-corrected chi connectivity index (χ0v) is 13.6. The second kappa shape index (κ2) is 6.02. The first-order valence-electron chi connectivity index (χ1n) is 6.88. The smallest absolute Gasteiger partial charge is 0.133 e. The molecule has 2 nitrogen and oxygen atoms in total. The summed E-state index contributed by atoms with van der Waals surface area (Å²) in [4.78, 5) is 6.66. The summed E-state index contributed by atoms with van der Waals surface area (Å²) in [6, 6.07) is 10.4. The van der Waals surface area contributed by atoms with Gasteiger partial charge >= 0.3 is 0 Å². The van der Waals surface area contributed by atoms with Crippen molar-refractivity contribution >= 4 is 23.1 Å². The molecule has 21 heavy (non-hydrogen) atoms. The van der Waals surface area contributed by atoms with Crippen LogP contribution in [0.5, 0.6) is 0 Å². The fourth-order valence-corrected chi connectivity index (χ4v) is 2.16. The van der Waals surface area contributed by atoms with Crippen molar-refractivity contribution in [1.29, 1.82) is 0 Å². The minimum atomic E-state index is -0.245. The summed E-state index contributed by atoms with van der Waals surface area (Å²) in [6.07, 6.45) is 0. The van der Waals surface area contributed by atoms with Crippen LogP contribution in [0, 0.1) is 5.82 Å². The molecule has 0 aliphatic carbocycles. The van der Waals surface area contributed by atoms with E-state index in [4.69, 9.17) is 16.6 Å². The molecule has 0 bridgehead atoms. The van der Waals surface area contributed by atoms with Crippen LogP contribution in [-0.4, -0.2) is 12.0 Å². The molecule has 1 heterocycles. The molecule has 0 radical (unpaired) electrons. The molecule has 0 aliphatic rings. The van der Waals surface area contributed by atoms with E-state index < -0.39 is 0 Å². The molecule has 0 spiro atoms. The number of pyridine rings is 1. The minimum absolute atomic E-state index is 0.0551. The maximum atomic E-state index is 13.0. The molecule has 1 aromatic carbocycles. The van der Waals surface area contributed by atoms with Gasteiger partial charge in [0.1, 0.15) is 11.6 Å². The van der Waals surface area contributed by atoms with Gasteiger partial charge in [0.05, 0.1) is 0 Å². The predicted octanol–water partition coefficient (Wildman–Crippen LogP) is 5.02. The quantitative estimate of drug-likeness (QED) is 0.740. The largest absolute Gasteiger partial charge is 0.329 e. The Morgan fingerprint density at radius 3 is 2.29 bits per heavy atom. The Bertz CT molecular complexity index is 618. The number of anilines is 2. The summed E-state index contributed by atoms with van der Waals surface area (Å²) in [5.74, 6) is 1.00. The van der Waals surface area contributed by atoms with E-state index >= 15 is 0 Å². The fourth-order valence-electron chi connectivity index (χ4n) is 2.00. The van der Waals surface area contributed by atoms with E-state index in [1.54, 1.807) is 12.1 Å². The van der Waals surface area contributed by atoms with Crippen LogP contribution >= 0.6 is 11.6 Å². The van der Waals surface area contributed by atoms with Gasteiger partial charge in [-0.05, 0) is 42.0 Å². The standard InChI is InChI=1S/C17H20ClFN2/c1-17(2,3)15-9-12(11-18)10-16(20-15)21(4)14-7-5-13(19)6-8-14/h5-10H,11H2,1-4H3. The predicted molar refractivity (Wildman–Crippen MR) is 87.0 cm³/mol. The van der Waals surface area contributed by atoms with Gasteiger partial charge in [-0.1, -0.05) is 20.8 Å². The van der Waals surface area contributed by atoms with Crippen molar-refractivity contribution in [3.05, 3.63) is 53.5 Å². The van der Waals surface area contributed by atoms with Gasteiger partial charge in [0.2, 0.25) is 0 Å². The number of benzene rings is 1. The van der Waals surface area contributed by atoms with Gasteiger partial charge in [0.15, 0.2) is 0 Å². The third-order valence-corrected chi connectivity index (χ3v) is 3.66. The molecule has 0 amide bonds. The van der Waals surface area contributed by atoms with E-state index in [9.17, 15) is 4.39 Å². The van der Waals surface area contributed by atoms with Gasteiger partial charge in [-0.3, -0.25) is 0 Å². The maximum absolute atomic E-state index is 13.0. The summed E-state index contributed by atoms with van der Waals surface area (Å²) in [7, 11) is 1.92. The lowest BCUT2D eigenvalue weighted by Crippen LogP contribution is -2.18. The average molecular weight is 307 g/mol. The monoisotopic (exact) mass is 306 g/mol.